The van der Waals surface area contributed by atoms with Gasteiger partial charge in [-0.15, -0.1) is 0 Å². The summed E-state index contributed by atoms with van der Waals surface area (Å²) in [5.41, 5.74) is 8.28. The molecule has 0 fully saturated rings. The van der Waals surface area contributed by atoms with Crippen molar-refractivity contribution in [1.29, 1.82) is 0 Å². The zero-order valence-electron chi connectivity index (χ0n) is 21.3. The maximum atomic E-state index is 5.10. The Morgan fingerprint density at radius 2 is 1.23 bits per heavy atom. The van der Waals surface area contributed by atoms with Gasteiger partial charge < -0.3 is 4.90 Å². The highest BCUT2D eigenvalue weighted by Gasteiger charge is 2.27. The first kappa shape index (κ1) is 21.9. The van der Waals surface area contributed by atoms with E-state index in [1.165, 1.54) is 49.4 Å². The smallest absolute Gasteiger partial charge is 0.215 e. The molecule has 3 nitrogen and oxygen atoms in total. The average Bonchev–Trinajstić information content (AvgIpc) is 3.35. The summed E-state index contributed by atoms with van der Waals surface area (Å²) < 4.78 is 2.30. The van der Waals surface area contributed by atoms with Crippen LogP contribution < -0.4 is 0 Å². The summed E-state index contributed by atoms with van der Waals surface area (Å²) in [6, 6.07) is 41.2. The minimum atomic E-state index is 0.775. The molecule has 39 heavy (non-hydrogen) atoms. The zero-order valence-corrected chi connectivity index (χ0v) is 21.3. The van der Waals surface area contributed by atoms with Crippen LogP contribution in [0, 0.1) is 0 Å². The lowest BCUT2D eigenvalue weighted by Crippen LogP contribution is -2.38. The van der Waals surface area contributed by atoms with Crippen molar-refractivity contribution in [1.82, 2.24) is 9.47 Å². The zero-order chi connectivity index (χ0) is 25.8. The first-order valence-corrected chi connectivity index (χ1v) is 13.4. The van der Waals surface area contributed by atoms with E-state index in [1.807, 2.05) is 6.20 Å². The lowest BCUT2D eigenvalue weighted by atomic mass is 9.95. The van der Waals surface area contributed by atoms with Crippen LogP contribution >= 0.6 is 0 Å². The van der Waals surface area contributed by atoms with Crippen LogP contribution in [-0.2, 0) is 0 Å². The Labute approximate surface area is 227 Å². The minimum absolute atomic E-state index is 0.775. The van der Waals surface area contributed by atoms with Crippen molar-refractivity contribution in [2.24, 2.45) is 4.99 Å². The van der Waals surface area contributed by atoms with Gasteiger partial charge in [-0.1, -0.05) is 115 Å². The van der Waals surface area contributed by atoms with Gasteiger partial charge in [0, 0.05) is 29.1 Å². The third-order valence-electron chi connectivity index (χ3n) is 7.87. The van der Waals surface area contributed by atoms with Crippen molar-refractivity contribution in [2.75, 3.05) is 6.54 Å². The molecule has 2 aliphatic rings. The summed E-state index contributed by atoms with van der Waals surface area (Å²) in [5.74, 6) is 0.930. The molecule has 3 heterocycles. The number of nitrogens with zero attached hydrogens (tertiary/aromatic N) is 3. The van der Waals surface area contributed by atoms with E-state index in [9.17, 15) is 0 Å². The van der Waals surface area contributed by atoms with E-state index in [2.05, 4.69) is 143 Å². The first-order valence-electron chi connectivity index (χ1n) is 13.4. The van der Waals surface area contributed by atoms with Crippen LogP contribution in [-0.4, -0.2) is 22.0 Å². The van der Waals surface area contributed by atoms with Gasteiger partial charge in [0.15, 0.2) is 0 Å². The van der Waals surface area contributed by atoms with Gasteiger partial charge in [-0.3, -0.25) is 4.57 Å². The van der Waals surface area contributed by atoms with Crippen LogP contribution in [0.25, 0.3) is 49.3 Å². The fraction of sp³-hybridized carbons (Fsp3) is 0.0278. The summed E-state index contributed by atoms with van der Waals surface area (Å²) in [4.78, 5) is 7.43. The topological polar surface area (TPSA) is 20.5 Å². The molecule has 0 amide bonds. The molecule has 184 valence electrons. The Bertz CT molecular complexity index is 1980. The maximum absolute atomic E-state index is 5.10. The minimum Gasteiger partial charge on any atom is -0.307 e. The second kappa shape index (κ2) is 8.71. The fourth-order valence-corrected chi connectivity index (χ4v) is 6.04. The molecule has 5 aromatic carbocycles. The molecule has 0 atom stereocenters. The molecule has 0 spiro atoms. The molecule has 0 bridgehead atoms. The van der Waals surface area contributed by atoms with E-state index >= 15 is 0 Å². The summed E-state index contributed by atoms with van der Waals surface area (Å²) in [6.07, 6.45) is 8.59. The molecule has 8 rings (SSSR count). The molecule has 0 saturated carbocycles. The van der Waals surface area contributed by atoms with Crippen LogP contribution in [0.15, 0.2) is 150 Å². The van der Waals surface area contributed by atoms with Crippen LogP contribution in [0.3, 0.4) is 0 Å². The number of aromatic nitrogens is 1. The van der Waals surface area contributed by atoms with Crippen molar-refractivity contribution in [2.45, 2.75) is 0 Å². The molecule has 0 unspecified atom stereocenters. The van der Waals surface area contributed by atoms with E-state index in [-0.39, 0.29) is 0 Å². The largest absolute Gasteiger partial charge is 0.307 e. The predicted molar refractivity (Wildman–Crippen MR) is 164 cm³/mol. The van der Waals surface area contributed by atoms with Crippen molar-refractivity contribution in [3.8, 4) is 11.1 Å². The third kappa shape index (κ3) is 3.40. The van der Waals surface area contributed by atoms with Crippen molar-refractivity contribution in [3.63, 3.8) is 0 Å². The van der Waals surface area contributed by atoms with E-state index < -0.39 is 0 Å². The Morgan fingerprint density at radius 1 is 0.590 bits per heavy atom. The molecular formula is C36H25N3. The molecule has 0 N–H and O–H groups in total. The number of hydrogen-bond acceptors (Lipinski definition) is 2. The van der Waals surface area contributed by atoms with Crippen LogP contribution in [0.4, 0.5) is 0 Å². The second-order valence-electron chi connectivity index (χ2n) is 10.0. The Hall–Kier alpha value is -5.15. The number of aliphatic imine (C=N–C) groups is 1. The number of allylic oxidation sites excluding steroid dienone is 3. The Morgan fingerprint density at radius 3 is 2.00 bits per heavy atom. The van der Waals surface area contributed by atoms with Gasteiger partial charge in [0.25, 0.3) is 0 Å². The highest BCUT2D eigenvalue weighted by molar-refractivity contribution is 6.14. The van der Waals surface area contributed by atoms with E-state index in [4.69, 9.17) is 4.99 Å². The van der Waals surface area contributed by atoms with Gasteiger partial charge in [0.1, 0.15) is 0 Å². The normalized spacial score (nSPS) is 14.9. The molecule has 1 aromatic heterocycles. The van der Waals surface area contributed by atoms with Gasteiger partial charge in [-0.05, 0) is 45.7 Å². The number of para-hydroxylation sites is 2. The quantitative estimate of drug-likeness (QED) is 0.234. The van der Waals surface area contributed by atoms with E-state index in [0.29, 0.717) is 0 Å². The monoisotopic (exact) mass is 499 g/mol. The van der Waals surface area contributed by atoms with Crippen molar-refractivity contribution < 1.29 is 0 Å². The molecular weight excluding hydrogens is 474 g/mol. The highest BCUT2D eigenvalue weighted by Crippen LogP contribution is 2.36. The summed E-state index contributed by atoms with van der Waals surface area (Å²) in [5, 5.41) is 5.02. The Kier molecular flexibility index (Phi) is 4.89. The highest BCUT2D eigenvalue weighted by atomic mass is 15.3. The Balaban J connectivity index is 1.25. The molecule has 6 aromatic rings. The van der Waals surface area contributed by atoms with Gasteiger partial charge >= 0.3 is 0 Å². The summed E-state index contributed by atoms with van der Waals surface area (Å²) in [6.45, 7) is 0.775. The number of benzene rings is 5. The lowest BCUT2D eigenvalue weighted by Gasteiger charge is -2.34. The van der Waals surface area contributed by atoms with Crippen molar-refractivity contribution >= 4 is 44.1 Å². The van der Waals surface area contributed by atoms with Gasteiger partial charge in [-0.2, -0.15) is 0 Å². The van der Waals surface area contributed by atoms with Crippen LogP contribution in [0.1, 0.15) is 5.56 Å². The predicted octanol–water partition coefficient (Wildman–Crippen LogP) is 8.63. The van der Waals surface area contributed by atoms with E-state index in [1.54, 1.807) is 0 Å². The first-order chi connectivity index (χ1) is 19.4. The molecule has 0 aliphatic carbocycles. The van der Waals surface area contributed by atoms with Crippen molar-refractivity contribution in [3.05, 3.63) is 151 Å². The van der Waals surface area contributed by atoms with Crippen LogP contribution in [0.5, 0.6) is 0 Å². The molecule has 2 aliphatic heterocycles. The summed E-state index contributed by atoms with van der Waals surface area (Å²) >= 11 is 0. The third-order valence-corrected chi connectivity index (χ3v) is 7.87. The van der Waals surface area contributed by atoms with Crippen LogP contribution in [0.2, 0.25) is 0 Å². The second-order valence-corrected chi connectivity index (χ2v) is 10.0. The fourth-order valence-electron chi connectivity index (χ4n) is 6.04. The van der Waals surface area contributed by atoms with E-state index in [0.717, 1.165) is 23.6 Å². The average molecular weight is 500 g/mol. The molecule has 0 radical (unpaired) electrons. The maximum Gasteiger partial charge on any atom is 0.215 e. The van der Waals surface area contributed by atoms with Gasteiger partial charge in [0.2, 0.25) is 5.96 Å². The van der Waals surface area contributed by atoms with Gasteiger partial charge in [0.05, 0.1) is 16.7 Å². The standard InChI is InChI=1S/C36H25N3/c1-2-12-28-25(10-1)11-9-15-29(28)26-19-21-27(22-20-26)32-24-37-36(38-23-8-7-16-33(32)38)39-34-17-5-3-13-30(34)31-14-4-6-18-35(31)39/h1-22,24H,23H2. The molecule has 3 heteroatoms. The lowest BCUT2D eigenvalue weighted by molar-refractivity contribution is 0.562. The molecule has 0 saturated heterocycles. The number of fused-ring (bicyclic) bond motifs is 5. The number of hydrogen-bond donors (Lipinski definition) is 0. The summed E-state index contributed by atoms with van der Waals surface area (Å²) in [7, 11) is 0. The van der Waals surface area contributed by atoms with Gasteiger partial charge in [-0.25, -0.2) is 4.99 Å². The number of rotatable bonds is 2. The SMILES string of the molecule is C1=CCN2C(=C1)C(c1ccc(-c3cccc4ccccc34)cc1)=CN=C2n1c2ccccc2c2ccccc21.